The maximum Gasteiger partial charge on any atom is 0.229 e. The fourth-order valence-corrected chi connectivity index (χ4v) is 2.55. The summed E-state index contributed by atoms with van der Waals surface area (Å²) in [6, 6.07) is 5.05. The lowest BCUT2D eigenvalue weighted by Crippen LogP contribution is -2.38. The molecule has 1 aromatic carbocycles. The zero-order chi connectivity index (χ0) is 14.9. The SMILES string of the molecule is CC(C)C(=O)N1CCCc2cc(C(=O)C(C)N)ccc21. The van der Waals surface area contributed by atoms with Gasteiger partial charge in [-0.15, -0.1) is 0 Å². The van der Waals surface area contributed by atoms with Crippen LogP contribution in [-0.4, -0.2) is 24.3 Å². The van der Waals surface area contributed by atoms with Crippen LogP contribution in [0, 0.1) is 5.92 Å². The first kappa shape index (κ1) is 14.7. The zero-order valence-corrected chi connectivity index (χ0v) is 12.3. The molecular formula is C16H22N2O2. The number of nitrogens with zero attached hydrogens (tertiary/aromatic N) is 1. The first-order valence-electron chi connectivity index (χ1n) is 7.16. The Morgan fingerprint density at radius 3 is 2.55 bits per heavy atom. The number of Topliss-reactive ketones (excluding diaryl/α,β-unsaturated/α-hetero) is 1. The Labute approximate surface area is 119 Å². The smallest absolute Gasteiger partial charge is 0.229 e. The molecule has 1 unspecified atom stereocenters. The van der Waals surface area contributed by atoms with E-state index in [-0.39, 0.29) is 17.6 Å². The summed E-state index contributed by atoms with van der Waals surface area (Å²) in [5.74, 6) is 0.0589. The molecule has 0 aromatic heterocycles. The second kappa shape index (κ2) is 5.75. The van der Waals surface area contributed by atoms with Gasteiger partial charge in [-0.2, -0.15) is 0 Å². The number of amides is 1. The maximum atomic E-state index is 12.2. The summed E-state index contributed by atoms with van der Waals surface area (Å²) in [7, 11) is 0. The van der Waals surface area contributed by atoms with Gasteiger partial charge in [-0.25, -0.2) is 0 Å². The lowest BCUT2D eigenvalue weighted by Gasteiger charge is -2.31. The highest BCUT2D eigenvalue weighted by atomic mass is 16.2. The average molecular weight is 274 g/mol. The highest BCUT2D eigenvalue weighted by molar-refractivity contribution is 6.01. The Morgan fingerprint density at radius 2 is 1.95 bits per heavy atom. The predicted octanol–water partition coefficient (Wildman–Crippen LogP) is 2.15. The molecule has 20 heavy (non-hydrogen) atoms. The fourth-order valence-electron chi connectivity index (χ4n) is 2.55. The molecule has 2 N–H and O–H groups in total. The molecule has 0 saturated carbocycles. The highest BCUT2D eigenvalue weighted by Gasteiger charge is 2.25. The summed E-state index contributed by atoms with van der Waals surface area (Å²) < 4.78 is 0. The quantitative estimate of drug-likeness (QED) is 0.859. The largest absolute Gasteiger partial charge is 0.321 e. The molecule has 1 atom stereocenters. The maximum absolute atomic E-state index is 12.2. The second-order valence-corrected chi connectivity index (χ2v) is 5.74. The Balaban J connectivity index is 2.36. The molecule has 4 nitrogen and oxygen atoms in total. The molecule has 4 heteroatoms. The molecule has 1 aliphatic heterocycles. The van der Waals surface area contributed by atoms with Gasteiger partial charge in [0.2, 0.25) is 5.91 Å². The first-order chi connectivity index (χ1) is 9.41. The van der Waals surface area contributed by atoms with Crippen molar-refractivity contribution in [2.75, 3.05) is 11.4 Å². The van der Waals surface area contributed by atoms with E-state index in [9.17, 15) is 9.59 Å². The van der Waals surface area contributed by atoms with Crippen LogP contribution in [0.4, 0.5) is 5.69 Å². The molecule has 1 aromatic rings. The van der Waals surface area contributed by atoms with E-state index in [0.717, 1.165) is 30.6 Å². The van der Waals surface area contributed by atoms with E-state index in [4.69, 9.17) is 5.73 Å². The van der Waals surface area contributed by atoms with E-state index in [1.807, 2.05) is 30.9 Å². The minimum Gasteiger partial charge on any atom is -0.321 e. The van der Waals surface area contributed by atoms with Crippen LogP contribution in [-0.2, 0) is 11.2 Å². The van der Waals surface area contributed by atoms with Crippen molar-refractivity contribution in [2.45, 2.75) is 39.7 Å². The van der Waals surface area contributed by atoms with E-state index in [2.05, 4.69) is 0 Å². The molecule has 0 spiro atoms. The lowest BCUT2D eigenvalue weighted by molar-refractivity contribution is -0.121. The van der Waals surface area contributed by atoms with E-state index in [1.54, 1.807) is 13.0 Å². The number of fused-ring (bicyclic) bond motifs is 1. The van der Waals surface area contributed by atoms with Gasteiger partial charge in [-0.1, -0.05) is 13.8 Å². The van der Waals surface area contributed by atoms with Crippen LogP contribution in [0.2, 0.25) is 0 Å². The van der Waals surface area contributed by atoms with Crippen LogP contribution >= 0.6 is 0 Å². The van der Waals surface area contributed by atoms with Crippen molar-refractivity contribution in [3.05, 3.63) is 29.3 Å². The lowest BCUT2D eigenvalue weighted by atomic mass is 9.95. The van der Waals surface area contributed by atoms with Crippen molar-refractivity contribution in [3.63, 3.8) is 0 Å². The van der Waals surface area contributed by atoms with Gasteiger partial charge in [-0.3, -0.25) is 9.59 Å². The summed E-state index contributed by atoms with van der Waals surface area (Å²) in [5.41, 5.74) is 8.29. The van der Waals surface area contributed by atoms with Crippen LogP contribution in [0.25, 0.3) is 0 Å². The molecule has 0 fully saturated rings. The number of benzene rings is 1. The van der Waals surface area contributed by atoms with E-state index in [0.29, 0.717) is 5.56 Å². The van der Waals surface area contributed by atoms with E-state index < -0.39 is 6.04 Å². The van der Waals surface area contributed by atoms with Crippen LogP contribution in [0.5, 0.6) is 0 Å². The second-order valence-electron chi connectivity index (χ2n) is 5.74. The molecule has 0 aliphatic carbocycles. The molecule has 1 heterocycles. The summed E-state index contributed by atoms with van der Waals surface area (Å²) in [6.45, 7) is 6.26. The molecule has 1 amide bonds. The number of aryl methyl sites for hydroxylation is 1. The number of carbonyl (C=O) groups excluding carboxylic acids is 2. The first-order valence-corrected chi connectivity index (χ1v) is 7.16. The van der Waals surface area contributed by atoms with Crippen molar-refractivity contribution in [2.24, 2.45) is 11.7 Å². The van der Waals surface area contributed by atoms with Crippen LogP contribution in [0.15, 0.2) is 18.2 Å². The van der Waals surface area contributed by atoms with Gasteiger partial charge in [0.1, 0.15) is 0 Å². The van der Waals surface area contributed by atoms with E-state index in [1.165, 1.54) is 0 Å². The van der Waals surface area contributed by atoms with Crippen molar-refractivity contribution in [1.29, 1.82) is 0 Å². The molecule has 2 rings (SSSR count). The summed E-state index contributed by atoms with van der Waals surface area (Å²) in [4.78, 5) is 26.0. The number of nitrogens with two attached hydrogens (primary N) is 1. The third-order valence-corrected chi connectivity index (χ3v) is 3.66. The Hall–Kier alpha value is -1.68. The minimum absolute atomic E-state index is 0.0219. The number of carbonyl (C=O) groups is 2. The monoisotopic (exact) mass is 274 g/mol. The third-order valence-electron chi connectivity index (χ3n) is 3.66. The van der Waals surface area contributed by atoms with Gasteiger partial charge in [0, 0.05) is 23.7 Å². The van der Waals surface area contributed by atoms with Crippen LogP contribution in [0.3, 0.4) is 0 Å². The van der Waals surface area contributed by atoms with Gasteiger partial charge in [0.25, 0.3) is 0 Å². The van der Waals surface area contributed by atoms with Crippen molar-refractivity contribution < 1.29 is 9.59 Å². The Kier molecular flexibility index (Phi) is 4.23. The summed E-state index contributed by atoms with van der Waals surface area (Å²) >= 11 is 0. The molecule has 1 aliphatic rings. The molecule has 0 saturated heterocycles. The van der Waals surface area contributed by atoms with Gasteiger partial charge in [0.05, 0.1) is 6.04 Å². The van der Waals surface area contributed by atoms with Crippen molar-refractivity contribution in [1.82, 2.24) is 0 Å². The highest BCUT2D eigenvalue weighted by Crippen LogP contribution is 2.29. The van der Waals surface area contributed by atoms with Gasteiger partial charge >= 0.3 is 0 Å². The number of ketones is 1. The van der Waals surface area contributed by atoms with Crippen LogP contribution < -0.4 is 10.6 Å². The number of rotatable bonds is 3. The van der Waals surface area contributed by atoms with Crippen molar-refractivity contribution >= 4 is 17.4 Å². The molecule has 0 radical (unpaired) electrons. The third kappa shape index (κ3) is 2.75. The van der Waals surface area contributed by atoms with Gasteiger partial charge in [-0.05, 0) is 43.5 Å². The molecular weight excluding hydrogens is 252 g/mol. The van der Waals surface area contributed by atoms with Gasteiger partial charge in [0.15, 0.2) is 5.78 Å². The summed E-state index contributed by atoms with van der Waals surface area (Å²) in [5, 5.41) is 0. The molecule has 108 valence electrons. The van der Waals surface area contributed by atoms with E-state index >= 15 is 0 Å². The normalized spacial score (nSPS) is 15.9. The number of hydrogen-bond acceptors (Lipinski definition) is 3. The number of hydrogen-bond donors (Lipinski definition) is 1. The Bertz CT molecular complexity index is 535. The Morgan fingerprint density at radius 1 is 1.25 bits per heavy atom. The average Bonchev–Trinajstić information content (AvgIpc) is 2.44. The number of anilines is 1. The van der Waals surface area contributed by atoms with Crippen molar-refractivity contribution in [3.8, 4) is 0 Å². The predicted molar refractivity (Wildman–Crippen MR) is 79.9 cm³/mol. The summed E-state index contributed by atoms with van der Waals surface area (Å²) in [6.07, 6.45) is 1.83. The van der Waals surface area contributed by atoms with Crippen LogP contribution in [0.1, 0.15) is 43.1 Å². The van der Waals surface area contributed by atoms with Gasteiger partial charge < -0.3 is 10.6 Å². The molecule has 0 bridgehead atoms. The topological polar surface area (TPSA) is 63.4 Å². The minimum atomic E-state index is -0.495. The fraction of sp³-hybridized carbons (Fsp3) is 0.500. The zero-order valence-electron chi connectivity index (χ0n) is 12.3. The standard InChI is InChI=1S/C16H22N2O2/c1-10(2)16(20)18-8-4-5-12-9-13(6-7-14(12)18)15(19)11(3)17/h6-7,9-11H,4-5,8,17H2,1-3H3.